The molecule has 0 amide bonds. The lowest BCUT2D eigenvalue weighted by Crippen LogP contribution is -2.13. The van der Waals surface area contributed by atoms with Gasteiger partial charge in [-0.15, -0.1) is 0 Å². The average Bonchev–Trinajstić information content (AvgIpc) is 2.98. The molecular weight excluding hydrogens is 348 g/mol. The van der Waals surface area contributed by atoms with Gasteiger partial charge in [-0.2, -0.15) is 17.6 Å². The lowest BCUT2D eigenvalue weighted by atomic mass is 10.2. The summed E-state index contributed by atoms with van der Waals surface area (Å²) in [4.78, 5) is 22.1. The maximum atomic E-state index is 12.3. The summed E-state index contributed by atoms with van der Waals surface area (Å²) in [6, 6.07) is 5.32. The Kier molecular flexibility index (Phi) is 4.52. The summed E-state index contributed by atoms with van der Waals surface area (Å²) in [5.41, 5.74) is -0.199. The zero-order chi connectivity index (χ0) is 17.2. The number of carbonyl (C=O) groups excluding carboxylic acids is 1. The van der Waals surface area contributed by atoms with Crippen LogP contribution in [0.5, 0.6) is 0 Å². The Morgan fingerprint density at radius 2 is 1.78 bits per heavy atom. The molecule has 8 nitrogen and oxygen atoms in total. The van der Waals surface area contributed by atoms with Gasteiger partial charge in [0.25, 0.3) is 10.0 Å². The van der Waals surface area contributed by atoms with Crippen molar-refractivity contribution in [3.63, 3.8) is 0 Å². The van der Waals surface area contributed by atoms with Crippen molar-refractivity contribution in [2.75, 3.05) is 0 Å². The van der Waals surface area contributed by atoms with Crippen molar-refractivity contribution in [1.29, 1.82) is 0 Å². The number of ketones is 1. The monoisotopic (exact) mass is 356 g/mol. The zero-order valence-electron chi connectivity index (χ0n) is 11.2. The summed E-state index contributed by atoms with van der Waals surface area (Å²) in [6.07, 6.45) is 2.32. The van der Waals surface area contributed by atoms with Crippen molar-refractivity contribution < 1.29 is 28.2 Å². The second-order valence-electron chi connectivity index (χ2n) is 4.26. The molecule has 2 aromatic rings. The van der Waals surface area contributed by atoms with Crippen molar-refractivity contribution in [3.8, 4) is 0 Å². The molecule has 2 rings (SSSR count). The van der Waals surface area contributed by atoms with Gasteiger partial charge in [0.1, 0.15) is 0 Å². The van der Waals surface area contributed by atoms with Gasteiger partial charge in [-0.25, -0.2) is 4.79 Å². The van der Waals surface area contributed by atoms with Crippen LogP contribution in [0.3, 0.4) is 0 Å². The van der Waals surface area contributed by atoms with Crippen LogP contribution in [0.2, 0.25) is 5.02 Å². The quantitative estimate of drug-likeness (QED) is 0.472. The Hall–Kier alpha value is -2.65. The Morgan fingerprint density at radius 3 is 2.35 bits per heavy atom. The Balaban J connectivity index is 2.35. The van der Waals surface area contributed by atoms with Gasteiger partial charge in [-0.05, 0) is 24.3 Å². The fraction of sp³-hybridized carbons (Fsp3) is 0. The Labute approximate surface area is 135 Å². The summed E-state index contributed by atoms with van der Waals surface area (Å²) in [5, 5.41) is 21.4. The normalized spacial score (nSPS) is 12.1. The smallest absolute Gasteiger partial charge is 0.371 e. The molecule has 1 aromatic carbocycles. The van der Waals surface area contributed by atoms with Crippen LogP contribution in [-0.2, 0) is 14.8 Å². The van der Waals surface area contributed by atoms with Gasteiger partial charge in [0.05, 0.1) is 22.9 Å². The highest BCUT2D eigenvalue weighted by Gasteiger charge is 2.20. The number of rotatable bonds is 5. The number of benzene rings is 1. The Morgan fingerprint density at radius 1 is 1.17 bits per heavy atom. The lowest BCUT2D eigenvalue weighted by molar-refractivity contribution is -0.135. The van der Waals surface area contributed by atoms with Crippen molar-refractivity contribution in [2.45, 2.75) is 4.90 Å². The maximum Gasteiger partial charge on any atom is 0.371 e. The number of aliphatic hydroxyl groups is 1. The topological polar surface area (TPSA) is 127 Å². The number of carboxylic acid groups (broad SMARTS) is 1. The van der Waals surface area contributed by atoms with Gasteiger partial charge >= 0.3 is 5.97 Å². The van der Waals surface area contributed by atoms with Crippen LogP contribution >= 0.6 is 11.6 Å². The molecule has 0 bridgehead atoms. The first kappa shape index (κ1) is 16.7. The fourth-order valence-corrected chi connectivity index (χ4v) is 2.79. The molecule has 0 saturated carbocycles. The van der Waals surface area contributed by atoms with Gasteiger partial charge < -0.3 is 10.2 Å². The number of allylic oxidation sites excluding steroid dienone is 1. The van der Waals surface area contributed by atoms with E-state index in [1.54, 1.807) is 0 Å². The molecule has 0 spiro atoms. The van der Waals surface area contributed by atoms with E-state index >= 15 is 0 Å². The van der Waals surface area contributed by atoms with E-state index in [0.717, 1.165) is 12.4 Å². The summed E-state index contributed by atoms with van der Waals surface area (Å²) in [6.45, 7) is 0. The summed E-state index contributed by atoms with van der Waals surface area (Å²) in [7, 11) is -4.02. The van der Waals surface area contributed by atoms with Crippen molar-refractivity contribution in [3.05, 3.63) is 59.1 Å². The van der Waals surface area contributed by atoms with Crippen LogP contribution < -0.4 is 0 Å². The van der Waals surface area contributed by atoms with Gasteiger partial charge in [0.2, 0.25) is 5.76 Å². The third kappa shape index (κ3) is 3.58. The van der Waals surface area contributed by atoms with Crippen LogP contribution in [-0.4, -0.2) is 39.6 Å². The maximum absolute atomic E-state index is 12.3. The molecular formula is C13H9ClN2O6S. The van der Waals surface area contributed by atoms with Gasteiger partial charge in [0, 0.05) is 11.1 Å². The highest BCUT2D eigenvalue weighted by Crippen LogP contribution is 2.17. The first-order chi connectivity index (χ1) is 10.7. The van der Waals surface area contributed by atoms with Crippen molar-refractivity contribution in [2.24, 2.45) is 0 Å². The van der Waals surface area contributed by atoms with E-state index in [0.29, 0.717) is 15.2 Å². The van der Waals surface area contributed by atoms with Crippen molar-refractivity contribution in [1.82, 2.24) is 9.19 Å². The van der Waals surface area contributed by atoms with Crippen LogP contribution in [0.15, 0.2) is 53.4 Å². The number of hydrogen-bond acceptors (Lipinski definition) is 6. The minimum Gasteiger partial charge on any atom is -0.502 e. The van der Waals surface area contributed by atoms with Gasteiger partial charge in [-0.1, -0.05) is 11.6 Å². The number of halogens is 1. The van der Waals surface area contributed by atoms with Gasteiger partial charge in [0.15, 0.2) is 5.78 Å². The fourth-order valence-electron chi connectivity index (χ4n) is 1.55. The highest BCUT2D eigenvalue weighted by molar-refractivity contribution is 7.89. The molecule has 0 aliphatic carbocycles. The van der Waals surface area contributed by atoms with E-state index in [-0.39, 0.29) is 10.5 Å². The van der Waals surface area contributed by atoms with E-state index in [1.807, 2.05) is 0 Å². The predicted molar refractivity (Wildman–Crippen MR) is 78.9 cm³/mol. The highest BCUT2D eigenvalue weighted by atomic mass is 35.5. The van der Waals surface area contributed by atoms with Crippen molar-refractivity contribution >= 4 is 33.4 Å². The van der Waals surface area contributed by atoms with E-state index in [4.69, 9.17) is 21.8 Å². The SMILES string of the molecule is O=C(O)C(O)=CC(=O)c1cnn(S(=O)(=O)c2ccc(Cl)cc2)c1. The first-order valence-electron chi connectivity index (χ1n) is 5.96. The lowest BCUT2D eigenvalue weighted by Gasteiger charge is -2.03. The number of nitrogens with zero attached hydrogens (tertiary/aromatic N) is 2. The molecule has 0 radical (unpaired) electrons. The molecule has 0 aliphatic heterocycles. The molecule has 1 aromatic heterocycles. The molecule has 2 N–H and O–H groups in total. The van der Waals surface area contributed by atoms with Crippen LogP contribution in [0.1, 0.15) is 10.4 Å². The predicted octanol–water partition coefficient (Wildman–Crippen LogP) is 1.48. The van der Waals surface area contributed by atoms with Crippen LogP contribution in [0.4, 0.5) is 0 Å². The summed E-state index contributed by atoms with van der Waals surface area (Å²) < 4.78 is 25.2. The van der Waals surface area contributed by atoms with Crippen LogP contribution in [0.25, 0.3) is 0 Å². The molecule has 0 aliphatic rings. The van der Waals surface area contributed by atoms with Gasteiger partial charge in [-0.3, -0.25) is 4.79 Å². The molecule has 10 heteroatoms. The first-order valence-corrected chi connectivity index (χ1v) is 7.77. The number of aliphatic hydroxyl groups excluding tert-OH is 1. The minimum absolute atomic E-state index is 0.0899. The van der Waals surface area contributed by atoms with E-state index < -0.39 is 27.5 Å². The number of carbonyl (C=O) groups is 2. The van der Waals surface area contributed by atoms with E-state index in [9.17, 15) is 18.0 Å². The molecule has 0 unspecified atom stereocenters. The third-order valence-corrected chi connectivity index (χ3v) is 4.50. The Bertz CT molecular complexity index is 899. The second-order valence-corrected chi connectivity index (χ2v) is 6.49. The summed E-state index contributed by atoms with van der Waals surface area (Å²) >= 11 is 5.69. The average molecular weight is 357 g/mol. The molecule has 0 atom stereocenters. The van der Waals surface area contributed by atoms with E-state index in [2.05, 4.69) is 5.10 Å². The number of aromatic nitrogens is 2. The number of carboxylic acids is 1. The second kappa shape index (κ2) is 6.23. The van der Waals surface area contributed by atoms with Crippen LogP contribution in [0, 0.1) is 0 Å². The third-order valence-electron chi connectivity index (χ3n) is 2.69. The largest absolute Gasteiger partial charge is 0.502 e. The zero-order valence-corrected chi connectivity index (χ0v) is 12.8. The summed E-state index contributed by atoms with van der Waals surface area (Å²) in [5.74, 6) is -3.75. The number of hydrogen-bond donors (Lipinski definition) is 2. The number of aliphatic carboxylic acids is 1. The molecule has 23 heavy (non-hydrogen) atoms. The standard InChI is InChI=1S/C13H9ClN2O6S/c14-9-1-3-10(4-2-9)23(21,22)16-7-8(6-15-16)11(17)5-12(18)13(19)20/h1-7,18H,(H,19,20). The molecule has 120 valence electrons. The van der Waals surface area contributed by atoms with E-state index in [1.165, 1.54) is 24.3 Å². The molecule has 0 fully saturated rings. The minimum atomic E-state index is -4.02. The molecule has 1 heterocycles. The molecule has 0 saturated heterocycles.